The largest absolute Gasteiger partial charge is 0.330 e. The first kappa shape index (κ1) is 16.4. The topological polar surface area (TPSA) is 7.68 Å². The fraction of sp³-hybridized carbons (Fsp3) is 1.00. The summed E-state index contributed by atoms with van der Waals surface area (Å²) in [5, 5.41) is 0. The van der Waals surface area contributed by atoms with Gasteiger partial charge >= 0.3 is 0 Å². The Morgan fingerprint density at radius 1 is 0.826 bits per heavy atom. The van der Waals surface area contributed by atoms with Crippen molar-refractivity contribution in [3.63, 3.8) is 0 Å². The lowest BCUT2D eigenvalue weighted by atomic mass is 10.1. The molecule has 6 atom stereocenters. The molecule has 0 aromatic carbocycles. The summed E-state index contributed by atoms with van der Waals surface area (Å²) < 4.78 is 1.39. The molecule has 3 heterocycles. The van der Waals surface area contributed by atoms with E-state index in [0.29, 0.717) is 0 Å². The molecule has 4 bridgehead atoms. The van der Waals surface area contributed by atoms with Gasteiger partial charge in [-0.15, -0.1) is 0 Å². The monoisotopic (exact) mass is 321 g/mol. The predicted molar refractivity (Wildman–Crippen MR) is 95.3 cm³/mol. The van der Waals surface area contributed by atoms with Crippen LogP contribution in [0.15, 0.2) is 0 Å². The number of fused-ring (bicyclic) bond motifs is 5. The van der Waals surface area contributed by atoms with Crippen LogP contribution in [0, 0.1) is 17.8 Å². The summed E-state index contributed by atoms with van der Waals surface area (Å²) in [7, 11) is 0. The molecule has 3 heteroatoms. The zero-order valence-corrected chi connectivity index (χ0v) is 15.4. The van der Waals surface area contributed by atoms with Crippen LogP contribution in [0.25, 0.3) is 0 Å². The number of nitrogens with one attached hydrogen (secondary N) is 1. The Balaban J connectivity index is 1.46. The van der Waals surface area contributed by atoms with Gasteiger partial charge in [0.25, 0.3) is 0 Å². The normalized spacial score (nSPS) is 48.1. The second-order valence-corrected chi connectivity index (χ2v) is 9.14. The molecule has 0 radical (unpaired) electrons. The predicted octanol–water partition coefficient (Wildman–Crippen LogP) is 1.60. The molecule has 0 spiro atoms. The molecule has 0 amide bonds. The van der Waals surface area contributed by atoms with Crippen molar-refractivity contribution in [2.75, 3.05) is 59.0 Å². The van der Waals surface area contributed by atoms with Crippen LogP contribution in [0.2, 0.25) is 0 Å². The van der Waals surface area contributed by atoms with E-state index in [2.05, 4.69) is 11.8 Å². The van der Waals surface area contributed by atoms with Gasteiger partial charge in [0, 0.05) is 19.5 Å². The van der Waals surface area contributed by atoms with Crippen LogP contribution in [0.4, 0.5) is 0 Å². The van der Waals surface area contributed by atoms with Crippen molar-refractivity contribution in [1.29, 1.82) is 0 Å². The third kappa shape index (κ3) is 3.62. The van der Waals surface area contributed by atoms with Crippen molar-refractivity contribution >= 4 is 0 Å². The molecule has 132 valence electrons. The van der Waals surface area contributed by atoms with Gasteiger partial charge in [0.2, 0.25) is 0 Å². The molecule has 3 saturated heterocycles. The quantitative estimate of drug-likeness (QED) is 0.721. The van der Waals surface area contributed by atoms with Crippen LogP contribution in [0.3, 0.4) is 0 Å². The number of rotatable bonds is 1. The Hall–Kier alpha value is -0.120. The van der Waals surface area contributed by atoms with Gasteiger partial charge in [-0.1, -0.05) is 6.42 Å². The van der Waals surface area contributed by atoms with Crippen LogP contribution >= 0.6 is 0 Å². The molecule has 6 unspecified atom stereocenters. The van der Waals surface area contributed by atoms with Gasteiger partial charge in [0.1, 0.15) is 19.8 Å². The van der Waals surface area contributed by atoms with E-state index in [1.165, 1.54) is 89.2 Å². The number of hydrogen-bond acceptors (Lipinski definition) is 1. The molecule has 3 nitrogen and oxygen atoms in total. The summed E-state index contributed by atoms with van der Waals surface area (Å²) in [4.78, 5) is 4.74. The van der Waals surface area contributed by atoms with E-state index in [1.807, 2.05) is 4.90 Å². The second-order valence-electron chi connectivity index (χ2n) is 9.14. The highest BCUT2D eigenvalue weighted by Crippen LogP contribution is 2.54. The minimum absolute atomic E-state index is 1.13. The van der Waals surface area contributed by atoms with E-state index in [9.17, 15) is 0 Å². The Bertz CT molecular complexity index is 398. The van der Waals surface area contributed by atoms with E-state index >= 15 is 0 Å². The molecule has 1 aliphatic carbocycles. The minimum atomic E-state index is 1.13. The first-order valence-corrected chi connectivity index (χ1v) is 10.7. The van der Waals surface area contributed by atoms with Crippen molar-refractivity contribution in [3.05, 3.63) is 0 Å². The molecular weight excluding hydrogens is 282 g/mol. The van der Waals surface area contributed by atoms with Crippen LogP contribution in [0.5, 0.6) is 0 Å². The molecule has 0 aromatic rings. The average Bonchev–Trinajstić information content (AvgIpc) is 3.20. The van der Waals surface area contributed by atoms with E-state index in [4.69, 9.17) is 0 Å². The van der Waals surface area contributed by atoms with E-state index in [1.54, 1.807) is 19.3 Å². The highest BCUT2D eigenvalue weighted by Gasteiger charge is 2.49. The van der Waals surface area contributed by atoms with Gasteiger partial charge < -0.3 is 9.38 Å². The fourth-order valence-electron chi connectivity index (χ4n) is 6.23. The lowest BCUT2D eigenvalue weighted by Gasteiger charge is -2.45. The van der Waals surface area contributed by atoms with Crippen molar-refractivity contribution in [2.24, 2.45) is 17.8 Å². The Labute approximate surface area is 143 Å². The molecule has 4 aliphatic rings. The third-order valence-corrected chi connectivity index (χ3v) is 7.89. The lowest BCUT2D eigenvalue weighted by molar-refractivity contribution is -0.978. The summed E-state index contributed by atoms with van der Waals surface area (Å²) in [6.45, 7) is 15.1. The zero-order valence-electron chi connectivity index (χ0n) is 15.4. The highest BCUT2D eigenvalue weighted by molar-refractivity contribution is 4.96. The first-order valence-electron chi connectivity index (χ1n) is 10.7. The maximum absolute atomic E-state index is 2.81. The van der Waals surface area contributed by atoms with Crippen LogP contribution < -0.4 is 4.90 Å². The van der Waals surface area contributed by atoms with Crippen molar-refractivity contribution in [3.8, 4) is 0 Å². The van der Waals surface area contributed by atoms with Crippen LogP contribution in [-0.4, -0.2) is 68.4 Å². The van der Waals surface area contributed by atoms with Gasteiger partial charge in [-0.05, 0) is 56.8 Å². The minimum Gasteiger partial charge on any atom is -0.330 e. The summed E-state index contributed by atoms with van der Waals surface area (Å²) >= 11 is 0. The Morgan fingerprint density at radius 2 is 1.61 bits per heavy atom. The fourth-order valence-corrected chi connectivity index (χ4v) is 6.23. The summed E-state index contributed by atoms with van der Waals surface area (Å²) in [6.07, 6.45) is 10.5. The maximum Gasteiger partial charge on any atom is 0.135 e. The molecule has 3 aliphatic heterocycles. The van der Waals surface area contributed by atoms with Crippen molar-refractivity contribution in [1.82, 2.24) is 4.90 Å². The molecule has 23 heavy (non-hydrogen) atoms. The maximum atomic E-state index is 2.81. The molecule has 4 fully saturated rings. The standard InChI is InChI=1S/C20H38N3/c1-2-23-15-6-12-22(17-23)10-4-3-7-18-19-8-5-11-21(14-16-23)13-9-20(18)19/h18-20H,2-17H2,1H3/q+1/p+1. The smallest absolute Gasteiger partial charge is 0.135 e. The van der Waals surface area contributed by atoms with Crippen molar-refractivity contribution < 1.29 is 9.38 Å². The third-order valence-electron chi connectivity index (χ3n) is 7.89. The summed E-state index contributed by atoms with van der Waals surface area (Å²) in [5.74, 6) is 3.39. The Morgan fingerprint density at radius 3 is 2.48 bits per heavy atom. The van der Waals surface area contributed by atoms with Crippen LogP contribution in [0.1, 0.15) is 51.9 Å². The van der Waals surface area contributed by atoms with Gasteiger partial charge in [0.15, 0.2) is 0 Å². The van der Waals surface area contributed by atoms with Gasteiger partial charge in [-0.3, -0.25) is 4.90 Å². The number of quaternary nitrogens is 2. The van der Waals surface area contributed by atoms with Gasteiger partial charge in [-0.2, -0.15) is 0 Å². The lowest BCUT2D eigenvalue weighted by Crippen LogP contribution is -3.13. The SMILES string of the molecule is CC[N+]12CCCN(CCCCC3C4CCC[NH+](CCC34)CC1)C2. The van der Waals surface area contributed by atoms with Gasteiger partial charge in [-0.25, -0.2) is 0 Å². The molecule has 4 rings (SSSR count). The molecule has 0 aromatic heterocycles. The van der Waals surface area contributed by atoms with E-state index < -0.39 is 0 Å². The number of nitrogens with zero attached hydrogens (tertiary/aromatic N) is 2. The van der Waals surface area contributed by atoms with E-state index in [0.717, 1.165) is 17.8 Å². The van der Waals surface area contributed by atoms with E-state index in [-0.39, 0.29) is 0 Å². The molecule has 1 saturated carbocycles. The van der Waals surface area contributed by atoms with Crippen LogP contribution in [-0.2, 0) is 0 Å². The number of likely N-dealkylation sites (N-methyl/N-ethyl adjacent to an activating group) is 1. The summed E-state index contributed by atoms with van der Waals surface area (Å²) in [6, 6.07) is 0. The molecule has 1 N–H and O–H groups in total. The van der Waals surface area contributed by atoms with Crippen molar-refractivity contribution in [2.45, 2.75) is 51.9 Å². The van der Waals surface area contributed by atoms with Gasteiger partial charge in [0.05, 0.1) is 26.2 Å². The molecular formula is C20H39N3+2. The average molecular weight is 322 g/mol. The zero-order chi connectivity index (χ0) is 15.7. The Kier molecular flexibility index (Phi) is 4.99. The highest BCUT2D eigenvalue weighted by atomic mass is 15.5. The summed E-state index contributed by atoms with van der Waals surface area (Å²) in [5.41, 5.74) is 0. The number of hydrogen-bond donors (Lipinski definition) is 1. The first-order chi connectivity index (χ1) is 11.3. The second kappa shape index (κ2) is 7.01.